The molecular formula is C16H24ClN3O3S. The van der Waals surface area contributed by atoms with Gasteiger partial charge in [0.05, 0.1) is 10.5 Å². The van der Waals surface area contributed by atoms with E-state index in [2.05, 4.69) is 10.6 Å². The Morgan fingerprint density at radius 3 is 2.54 bits per heavy atom. The number of hydrogen-bond donors (Lipinski definition) is 2. The van der Waals surface area contributed by atoms with E-state index in [9.17, 15) is 13.2 Å². The number of carbonyl (C=O) groups is 1. The van der Waals surface area contributed by atoms with Gasteiger partial charge in [0, 0.05) is 25.7 Å². The zero-order chi connectivity index (χ0) is 16.3. The number of amides is 1. The smallest absolute Gasteiger partial charge is 0.252 e. The summed E-state index contributed by atoms with van der Waals surface area (Å²) in [4.78, 5) is 12.6. The Balaban J connectivity index is 0.00000208. The minimum Gasteiger partial charge on any atom is -0.348 e. The predicted octanol–water partition coefficient (Wildman–Crippen LogP) is 1.37. The van der Waals surface area contributed by atoms with Gasteiger partial charge in [0.25, 0.3) is 5.91 Å². The molecule has 2 aliphatic rings. The van der Waals surface area contributed by atoms with Crippen molar-refractivity contribution in [2.75, 3.05) is 26.2 Å². The van der Waals surface area contributed by atoms with Gasteiger partial charge in [-0.05, 0) is 37.9 Å². The highest BCUT2D eigenvalue weighted by atomic mass is 35.5. The molecule has 2 heterocycles. The molecule has 24 heavy (non-hydrogen) atoms. The third kappa shape index (κ3) is 4.08. The standard InChI is InChI=1S/C16H23N3O3S.ClH/c20-16(18-13-8-9-17-12-13)14-6-2-3-7-15(14)23(21,22)19-10-4-1-5-11-19;/h2-3,6-7,13,17H,1,4-5,8-12H2,(H,18,20);1H. The lowest BCUT2D eigenvalue weighted by Gasteiger charge is -2.26. The molecule has 2 saturated heterocycles. The van der Waals surface area contributed by atoms with E-state index < -0.39 is 10.0 Å². The highest BCUT2D eigenvalue weighted by Gasteiger charge is 2.30. The second-order valence-corrected chi connectivity index (χ2v) is 8.03. The second kappa shape index (κ2) is 8.29. The number of hydrogen-bond acceptors (Lipinski definition) is 4. The third-order valence-electron chi connectivity index (χ3n) is 4.46. The van der Waals surface area contributed by atoms with Crippen molar-refractivity contribution in [3.05, 3.63) is 29.8 Å². The number of carbonyl (C=O) groups excluding carboxylic acids is 1. The molecule has 1 atom stereocenters. The molecule has 8 heteroatoms. The van der Waals surface area contributed by atoms with Gasteiger partial charge < -0.3 is 10.6 Å². The predicted molar refractivity (Wildman–Crippen MR) is 95.0 cm³/mol. The SMILES string of the molecule is Cl.O=C(NC1CCNC1)c1ccccc1S(=O)(=O)N1CCCCC1. The van der Waals surface area contributed by atoms with Crippen LogP contribution in [0, 0.1) is 0 Å². The van der Waals surface area contributed by atoms with E-state index in [1.165, 1.54) is 10.4 Å². The molecule has 2 N–H and O–H groups in total. The molecule has 134 valence electrons. The summed E-state index contributed by atoms with van der Waals surface area (Å²) in [5.41, 5.74) is 0.241. The van der Waals surface area contributed by atoms with Crippen LogP contribution in [0.25, 0.3) is 0 Å². The summed E-state index contributed by atoms with van der Waals surface area (Å²) in [5, 5.41) is 6.11. The van der Waals surface area contributed by atoms with Gasteiger partial charge >= 0.3 is 0 Å². The lowest BCUT2D eigenvalue weighted by atomic mass is 10.2. The normalized spacial score (nSPS) is 21.9. The van der Waals surface area contributed by atoms with Gasteiger partial charge in [0.1, 0.15) is 0 Å². The summed E-state index contributed by atoms with van der Waals surface area (Å²) < 4.78 is 27.3. The number of halogens is 1. The first kappa shape index (κ1) is 19.2. The van der Waals surface area contributed by atoms with Crippen LogP contribution in [0.3, 0.4) is 0 Å². The summed E-state index contributed by atoms with van der Waals surface area (Å²) in [6.45, 7) is 2.67. The van der Waals surface area contributed by atoms with Gasteiger partial charge in [-0.1, -0.05) is 18.6 Å². The first-order valence-electron chi connectivity index (χ1n) is 8.20. The fourth-order valence-electron chi connectivity index (χ4n) is 3.16. The zero-order valence-corrected chi connectivity index (χ0v) is 15.2. The zero-order valence-electron chi connectivity index (χ0n) is 13.5. The molecule has 2 aliphatic heterocycles. The van der Waals surface area contributed by atoms with E-state index >= 15 is 0 Å². The molecule has 1 aromatic carbocycles. The van der Waals surface area contributed by atoms with Crippen molar-refractivity contribution in [3.63, 3.8) is 0 Å². The Bertz CT molecular complexity index is 669. The molecule has 0 spiro atoms. The number of benzene rings is 1. The van der Waals surface area contributed by atoms with Gasteiger partial charge in [-0.3, -0.25) is 4.79 Å². The quantitative estimate of drug-likeness (QED) is 0.835. The fraction of sp³-hybridized carbons (Fsp3) is 0.562. The summed E-state index contributed by atoms with van der Waals surface area (Å²) in [7, 11) is -3.61. The molecule has 0 aliphatic carbocycles. The molecule has 2 fully saturated rings. The Labute approximate surface area is 149 Å². The Kier molecular flexibility index (Phi) is 6.62. The lowest BCUT2D eigenvalue weighted by molar-refractivity contribution is 0.0936. The Hall–Kier alpha value is -1.15. The van der Waals surface area contributed by atoms with Crippen molar-refractivity contribution in [1.82, 2.24) is 14.9 Å². The molecule has 0 aromatic heterocycles. The maximum atomic E-state index is 12.9. The Morgan fingerprint density at radius 1 is 1.17 bits per heavy atom. The van der Waals surface area contributed by atoms with Crippen LogP contribution in [-0.2, 0) is 10.0 Å². The third-order valence-corrected chi connectivity index (χ3v) is 6.42. The van der Waals surface area contributed by atoms with Gasteiger partial charge in [-0.15, -0.1) is 12.4 Å². The van der Waals surface area contributed by atoms with E-state index in [0.717, 1.165) is 38.8 Å². The summed E-state index contributed by atoms with van der Waals surface area (Å²) >= 11 is 0. The minimum atomic E-state index is -3.61. The maximum Gasteiger partial charge on any atom is 0.252 e. The topological polar surface area (TPSA) is 78.5 Å². The van der Waals surface area contributed by atoms with Crippen LogP contribution in [0.5, 0.6) is 0 Å². The van der Waals surface area contributed by atoms with Gasteiger partial charge in [0.2, 0.25) is 10.0 Å². The molecule has 0 radical (unpaired) electrons. The molecule has 0 bridgehead atoms. The van der Waals surface area contributed by atoms with Crippen molar-refractivity contribution < 1.29 is 13.2 Å². The summed E-state index contributed by atoms with van der Waals surface area (Å²) in [6, 6.07) is 6.57. The van der Waals surface area contributed by atoms with Crippen molar-refractivity contribution >= 4 is 28.3 Å². The van der Waals surface area contributed by atoms with Crippen LogP contribution in [0.2, 0.25) is 0 Å². The Morgan fingerprint density at radius 2 is 1.88 bits per heavy atom. The number of piperidine rings is 1. The highest BCUT2D eigenvalue weighted by molar-refractivity contribution is 7.89. The molecular weight excluding hydrogens is 350 g/mol. The average molecular weight is 374 g/mol. The number of nitrogens with zero attached hydrogens (tertiary/aromatic N) is 1. The van der Waals surface area contributed by atoms with Crippen molar-refractivity contribution in [3.8, 4) is 0 Å². The maximum absolute atomic E-state index is 12.9. The minimum absolute atomic E-state index is 0. The van der Waals surface area contributed by atoms with Crippen molar-refractivity contribution in [2.45, 2.75) is 36.6 Å². The molecule has 1 unspecified atom stereocenters. The lowest BCUT2D eigenvalue weighted by Crippen LogP contribution is -2.39. The summed E-state index contributed by atoms with van der Waals surface area (Å²) in [5.74, 6) is -0.310. The van der Waals surface area contributed by atoms with Gasteiger partial charge in [-0.25, -0.2) is 8.42 Å². The van der Waals surface area contributed by atoms with Crippen LogP contribution in [-0.4, -0.2) is 50.9 Å². The molecule has 1 aromatic rings. The van der Waals surface area contributed by atoms with E-state index in [0.29, 0.717) is 13.1 Å². The van der Waals surface area contributed by atoms with E-state index in [-0.39, 0.29) is 34.8 Å². The molecule has 1 amide bonds. The first-order chi connectivity index (χ1) is 11.1. The first-order valence-corrected chi connectivity index (χ1v) is 9.64. The van der Waals surface area contributed by atoms with Crippen LogP contribution in [0.4, 0.5) is 0 Å². The van der Waals surface area contributed by atoms with E-state index in [1.54, 1.807) is 18.2 Å². The summed E-state index contributed by atoms with van der Waals surface area (Å²) in [6.07, 6.45) is 3.68. The van der Waals surface area contributed by atoms with E-state index in [1.807, 2.05) is 0 Å². The molecule has 6 nitrogen and oxygen atoms in total. The second-order valence-electron chi connectivity index (χ2n) is 6.12. The number of nitrogens with one attached hydrogen (secondary N) is 2. The van der Waals surface area contributed by atoms with Crippen molar-refractivity contribution in [2.24, 2.45) is 0 Å². The van der Waals surface area contributed by atoms with Crippen LogP contribution < -0.4 is 10.6 Å². The van der Waals surface area contributed by atoms with E-state index in [4.69, 9.17) is 0 Å². The van der Waals surface area contributed by atoms with Crippen LogP contribution in [0.1, 0.15) is 36.0 Å². The number of sulfonamides is 1. The largest absolute Gasteiger partial charge is 0.348 e. The molecule has 3 rings (SSSR count). The van der Waals surface area contributed by atoms with Crippen LogP contribution in [0.15, 0.2) is 29.2 Å². The fourth-order valence-corrected chi connectivity index (χ4v) is 4.87. The average Bonchev–Trinajstić information content (AvgIpc) is 3.08. The van der Waals surface area contributed by atoms with Gasteiger partial charge in [-0.2, -0.15) is 4.31 Å². The number of rotatable bonds is 4. The van der Waals surface area contributed by atoms with Crippen molar-refractivity contribution in [1.29, 1.82) is 0 Å². The monoisotopic (exact) mass is 373 g/mol. The van der Waals surface area contributed by atoms with Crippen LogP contribution >= 0.6 is 12.4 Å². The highest BCUT2D eigenvalue weighted by Crippen LogP contribution is 2.23. The van der Waals surface area contributed by atoms with Gasteiger partial charge in [0.15, 0.2) is 0 Å². The molecule has 0 saturated carbocycles.